The van der Waals surface area contributed by atoms with Gasteiger partial charge in [0.2, 0.25) is 5.91 Å². The maximum absolute atomic E-state index is 12.4. The van der Waals surface area contributed by atoms with Crippen molar-refractivity contribution in [3.05, 3.63) is 35.7 Å². The second-order valence-electron chi connectivity index (χ2n) is 7.13. The summed E-state index contributed by atoms with van der Waals surface area (Å²) >= 11 is 1.35. The Bertz CT molecular complexity index is 836. The van der Waals surface area contributed by atoms with Gasteiger partial charge in [-0.3, -0.25) is 9.59 Å². The Morgan fingerprint density at radius 3 is 2.59 bits per heavy atom. The second-order valence-corrected chi connectivity index (χ2v) is 8.07. The fourth-order valence-electron chi connectivity index (χ4n) is 3.16. The molecule has 4 N–H and O–H groups in total. The van der Waals surface area contributed by atoms with E-state index in [1.165, 1.54) is 16.7 Å². The van der Waals surface area contributed by atoms with Gasteiger partial charge in [-0.15, -0.1) is 10.2 Å². The molecule has 29 heavy (non-hydrogen) atoms. The van der Waals surface area contributed by atoms with Crippen molar-refractivity contribution in [1.29, 1.82) is 0 Å². The summed E-state index contributed by atoms with van der Waals surface area (Å²) in [7, 11) is 4.23. The van der Waals surface area contributed by atoms with Crippen molar-refractivity contribution >= 4 is 29.3 Å². The van der Waals surface area contributed by atoms with Gasteiger partial charge in [0, 0.05) is 13.0 Å². The maximum atomic E-state index is 12.4. The Morgan fingerprint density at radius 2 is 1.97 bits per heavy atom. The van der Waals surface area contributed by atoms with E-state index in [9.17, 15) is 9.59 Å². The van der Waals surface area contributed by atoms with Crippen LogP contribution in [0, 0.1) is 0 Å². The highest BCUT2D eigenvalue weighted by molar-refractivity contribution is 7.99. The van der Waals surface area contributed by atoms with Crippen LogP contribution in [0.5, 0.6) is 0 Å². The van der Waals surface area contributed by atoms with Crippen LogP contribution in [0.4, 0.5) is 5.69 Å². The van der Waals surface area contributed by atoms with E-state index in [1.54, 1.807) is 24.3 Å². The topological polar surface area (TPSA) is 107 Å². The Kier molecular flexibility index (Phi) is 8.66. The van der Waals surface area contributed by atoms with Crippen molar-refractivity contribution in [2.45, 2.75) is 50.9 Å². The number of primary amides is 1. The Hall–Kier alpha value is -2.39. The molecule has 2 aromatic rings. The molecule has 0 saturated heterocycles. The van der Waals surface area contributed by atoms with Gasteiger partial charge in [-0.1, -0.05) is 44.2 Å². The zero-order valence-corrected chi connectivity index (χ0v) is 18.4. The molecule has 1 heterocycles. The highest BCUT2D eigenvalue weighted by Crippen LogP contribution is 2.22. The number of hydrogen-bond acceptors (Lipinski definition) is 5. The average molecular weight is 420 g/mol. The highest BCUT2D eigenvalue weighted by Gasteiger charge is 2.25. The van der Waals surface area contributed by atoms with Crippen LogP contribution in [0.2, 0.25) is 0 Å². The molecule has 0 aliphatic carbocycles. The van der Waals surface area contributed by atoms with E-state index in [-0.39, 0.29) is 17.7 Å². The van der Waals surface area contributed by atoms with Gasteiger partial charge >= 0.3 is 0 Å². The molecule has 0 radical (unpaired) electrons. The van der Waals surface area contributed by atoms with E-state index in [0.717, 1.165) is 36.8 Å². The molecule has 0 spiro atoms. The lowest BCUT2D eigenvalue weighted by atomic mass is 10.1. The summed E-state index contributed by atoms with van der Waals surface area (Å²) in [5, 5.41) is 12.3. The van der Waals surface area contributed by atoms with E-state index >= 15 is 0 Å². The first-order valence-electron chi connectivity index (χ1n) is 9.93. The van der Waals surface area contributed by atoms with Gasteiger partial charge in [-0.25, -0.2) is 0 Å². The first-order valence-corrected chi connectivity index (χ1v) is 10.9. The van der Waals surface area contributed by atoms with Gasteiger partial charge in [-0.2, -0.15) is 0 Å². The van der Waals surface area contributed by atoms with Crippen molar-refractivity contribution in [2.24, 2.45) is 5.73 Å². The number of carbonyl (C=O) groups excluding carboxylic acids is 2. The number of aromatic nitrogens is 3. The monoisotopic (exact) mass is 419 g/mol. The first kappa shape index (κ1) is 22.9. The van der Waals surface area contributed by atoms with Gasteiger partial charge in [0.05, 0.1) is 31.1 Å². The molecule has 158 valence electrons. The van der Waals surface area contributed by atoms with Crippen LogP contribution in [-0.4, -0.2) is 46.4 Å². The number of nitrogens with zero attached hydrogens (tertiary/aromatic N) is 3. The number of amides is 2. The van der Waals surface area contributed by atoms with Crippen LogP contribution >= 0.6 is 11.8 Å². The quantitative estimate of drug-likeness (QED) is 0.479. The zero-order valence-electron chi connectivity index (χ0n) is 17.6. The number of hydrogen-bond donors (Lipinski definition) is 3. The van der Waals surface area contributed by atoms with Crippen molar-refractivity contribution in [3.8, 4) is 0 Å². The summed E-state index contributed by atoms with van der Waals surface area (Å²) in [5.41, 5.74) is 6.08. The molecule has 1 aromatic heterocycles. The lowest BCUT2D eigenvalue weighted by molar-refractivity contribution is -0.893. The third kappa shape index (κ3) is 6.04. The third-order valence-electron chi connectivity index (χ3n) is 4.70. The van der Waals surface area contributed by atoms with Crippen LogP contribution in [0.25, 0.3) is 0 Å². The number of thioether (sulfide) groups is 1. The smallest absolute Gasteiger partial charge is 0.250 e. The Balaban J connectivity index is 2.12. The average Bonchev–Trinajstić information content (AvgIpc) is 3.07. The molecule has 0 aliphatic rings. The molecule has 1 atom stereocenters. The van der Waals surface area contributed by atoms with Crippen LogP contribution in [-0.2, 0) is 11.3 Å². The predicted molar refractivity (Wildman–Crippen MR) is 115 cm³/mol. The molecule has 8 nitrogen and oxygen atoms in total. The molecule has 0 fully saturated rings. The summed E-state index contributed by atoms with van der Waals surface area (Å²) in [6, 6.07) is 6.96. The summed E-state index contributed by atoms with van der Waals surface area (Å²) in [6.45, 7) is 5.12. The van der Waals surface area contributed by atoms with Crippen molar-refractivity contribution in [2.75, 3.05) is 25.2 Å². The zero-order chi connectivity index (χ0) is 21.4. The number of nitrogens with two attached hydrogens (primary N) is 1. The Morgan fingerprint density at radius 1 is 1.24 bits per heavy atom. The lowest BCUT2D eigenvalue weighted by Gasteiger charge is -2.20. The molecule has 2 rings (SSSR count). The largest absolute Gasteiger partial charge is 0.366 e. The normalized spacial score (nSPS) is 12.2. The minimum absolute atomic E-state index is 0.170. The lowest BCUT2D eigenvalue weighted by Crippen LogP contribution is -3.06. The van der Waals surface area contributed by atoms with Crippen molar-refractivity contribution < 1.29 is 14.5 Å². The van der Waals surface area contributed by atoms with Crippen LogP contribution < -0.4 is 16.0 Å². The van der Waals surface area contributed by atoms with E-state index in [1.807, 2.05) is 0 Å². The minimum Gasteiger partial charge on any atom is -0.366 e. The van der Waals surface area contributed by atoms with Gasteiger partial charge in [0.15, 0.2) is 11.0 Å². The minimum atomic E-state index is -0.575. The maximum Gasteiger partial charge on any atom is 0.250 e. The van der Waals surface area contributed by atoms with Crippen molar-refractivity contribution in [1.82, 2.24) is 14.8 Å². The number of quaternary nitrogens is 1. The molecular formula is C20H31N6O2S+. The van der Waals surface area contributed by atoms with E-state index in [0.29, 0.717) is 11.3 Å². The fourth-order valence-corrected chi connectivity index (χ4v) is 3.93. The highest BCUT2D eigenvalue weighted by atomic mass is 32.2. The van der Waals surface area contributed by atoms with Crippen LogP contribution in [0.15, 0.2) is 29.4 Å². The number of unbranched alkanes of at least 4 members (excludes halogenated alkanes) is 1. The van der Waals surface area contributed by atoms with E-state index < -0.39 is 5.91 Å². The fraction of sp³-hybridized carbons (Fsp3) is 0.500. The summed E-state index contributed by atoms with van der Waals surface area (Å²) < 4.78 is 2.14. The van der Waals surface area contributed by atoms with Gasteiger partial charge < -0.3 is 20.5 Å². The molecule has 2 amide bonds. The molecule has 0 unspecified atom stereocenters. The summed E-state index contributed by atoms with van der Waals surface area (Å²) in [4.78, 5) is 25.3. The number of para-hydroxylation sites is 1. The summed E-state index contributed by atoms with van der Waals surface area (Å²) in [6.07, 6.45) is 3.05. The second kappa shape index (κ2) is 11.0. The first-order chi connectivity index (χ1) is 13.9. The number of rotatable bonds is 11. The van der Waals surface area contributed by atoms with Crippen LogP contribution in [0.3, 0.4) is 0 Å². The third-order valence-corrected chi connectivity index (χ3v) is 5.66. The van der Waals surface area contributed by atoms with Gasteiger partial charge in [0.1, 0.15) is 6.04 Å². The molecule has 9 heteroatoms. The van der Waals surface area contributed by atoms with E-state index in [4.69, 9.17) is 5.73 Å². The molecular weight excluding hydrogens is 388 g/mol. The number of benzene rings is 1. The van der Waals surface area contributed by atoms with E-state index in [2.05, 4.69) is 48.0 Å². The molecule has 0 aliphatic heterocycles. The standard InChI is InChI=1S/C20H30N6O2S/c1-5-7-12-26-19(16(6-2)25(3)4)23-24-20(26)29-13-17(27)22-15-11-9-8-10-14(15)18(21)28/h8-11,16H,5-7,12-13H2,1-4H3,(H2,21,28)(H,22,27)/p+1/t16-/m0/s1. The van der Waals surface area contributed by atoms with Crippen molar-refractivity contribution in [3.63, 3.8) is 0 Å². The van der Waals surface area contributed by atoms with Gasteiger partial charge in [-0.05, 0) is 18.6 Å². The SMILES string of the molecule is CCCCn1c(SCC(=O)Nc2ccccc2C(N)=O)nnc1[C@H](CC)[NH+](C)C. The number of nitrogens with one attached hydrogen (secondary N) is 2. The molecule has 0 bridgehead atoms. The number of anilines is 1. The summed E-state index contributed by atoms with van der Waals surface area (Å²) in [5.74, 6) is 0.334. The predicted octanol–water partition coefficient (Wildman–Crippen LogP) is 1.50. The molecule has 1 aromatic carbocycles. The Labute approximate surface area is 176 Å². The van der Waals surface area contributed by atoms with Gasteiger partial charge in [0.25, 0.3) is 5.91 Å². The van der Waals surface area contributed by atoms with Crippen LogP contribution in [0.1, 0.15) is 55.3 Å². The number of carbonyl (C=O) groups is 2. The molecule has 0 saturated carbocycles.